The van der Waals surface area contributed by atoms with E-state index in [1.54, 1.807) is 12.3 Å². The third-order valence-corrected chi connectivity index (χ3v) is 6.35. The average Bonchev–Trinajstić information content (AvgIpc) is 2.68. The van der Waals surface area contributed by atoms with Gasteiger partial charge in [-0.3, -0.25) is 0 Å². The van der Waals surface area contributed by atoms with Crippen molar-refractivity contribution >= 4 is 21.9 Å². The molecule has 6 nitrogen and oxygen atoms in total. The number of anilines is 1. The fourth-order valence-corrected chi connectivity index (χ4v) is 3.96. The fraction of sp³-hybridized carbons (Fsp3) is 0.429. The van der Waals surface area contributed by atoms with Gasteiger partial charge in [0.25, 0.3) is 0 Å². The lowest BCUT2D eigenvalue weighted by atomic mass is 9.58. The number of halogens is 1. The SMILES string of the molecule is CC1(C)[C@H](Cc2nc(NCCc3ccc(C#N)c(Br)c3)ncc2C#N)C[C@@H]1O. The number of aliphatic hydroxyl groups is 1. The van der Waals surface area contributed by atoms with Gasteiger partial charge in [-0.1, -0.05) is 19.9 Å². The van der Waals surface area contributed by atoms with Crippen molar-refractivity contribution in [1.82, 2.24) is 9.97 Å². The summed E-state index contributed by atoms with van der Waals surface area (Å²) in [6.45, 7) is 4.74. The molecule has 144 valence electrons. The Morgan fingerprint density at radius 2 is 2.04 bits per heavy atom. The first-order valence-corrected chi connectivity index (χ1v) is 10.0. The van der Waals surface area contributed by atoms with Gasteiger partial charge in [0.05, 0.1) is 29.1 Å². The summed E-state index contributed by atoms with van der Waals surface area (Å²) in [6.07, 6.45) is 3.41. The van der Waals surface area contributed by atoms with Crippen LogP contribution in [-0.4, -0.2) is 27.7 Å². The van der Waals surface area contributed by atoms with Crippen LogP contribution in [0.4, 0.5) is 5.95 Å². The minimum Gasteiger partial charge on any atom is -0.393 e. The molecule has 0 saturated heterocycles. The lowest BCUT2D eigenvalue weighted by Crippen LogP contribution is -2.50. The summed E-state index contributed by atoms with van der Waals surface area (Å²) in [5.41, 5.74) is 2.76. The van der Waals surface area contributed by atoms with Crippen molar-refractivity contribution in [3.8, 4) is 12.1 Å². The second-order valence-corrected chi connectivity index (χ2v) is 8.60. The van der Waals surface area contributed by atoms with E-state index in [9.17, 15) is 10.4 Å². The molecule has 0 aliphatic heterocycles. The van der Waals surface area contributed by atoms with Gasteiger partial charge >= 0.3 is 0 Å². The Labute approximate surface area is 173 Å². The van der Waals surface area contributed by atoms with Crippen LogP contribution in [0.3, 0.4) is 0 Å². The zero-order valence-electron chi connectivity index (χ0n) is 15.9. The van der Waals surface area contributed by atoms with Crippen LogP contribution in [0.5, 0.6) is 0 Å². The molecular weight excluding hydrogens is 418 g/mol. The molecule has 0 amide bonds. The Morgan fingerprint density at radius 3 is 2.64 bits per heavy atom. The summed E-state index contributed by atoms with van der Waals surface area (Å²) in [5.74, 6) is 0.799. The Balaban J connectivity index is 1.64. The van der Waals surface area contributed by atoms with E-state index in [1.807, 2.05) is 26.0 Å². The van der Waals surface area contributed by atoms with Crippen molar-refractivity contribution in [1.29, 1.82) is 10.5 Å². The average molecular weight is 440 g/mol. The van der Waals surface area contributed by atoms with Gasteiger partial charge in [0.2, 0.25) is 5.95 Å². The normalized spacial score (nSPS) is 19.9. The lowest BCUT2D eigenvalue weighted by Gasteiger charge is -2.49. The van der Waals surface area contributed by atoms with Crippen molar-refractivity contribution in [3.63, 3.8) is 0 Å². The number of nitrogens with zero attached hydrogens (tertiary/aromatic N) is 4. The van der Waals surface area contributed by atoms with Gasteiger partial charge in [-0.05, 0) is 64.2 Å². The van der Waals surface area contributed by atoms with Crippen LogP contribution in [0.25, 0.3) is 0 Å². The fourth-order valence-electron chi connectivity index (χ4n) is 3.44. The standard InChI is InChI=1S/C21H22BrN5O/c1-21(2)16(9-19(21)28)8-18-15(11-24)12-26-20(27-18)25-6-5-13-3-4-14(10-23)17(22)7-13/h3-4,7,12,16,19,28H,5-6,8-9H2,1-2H3,(H,25,26,27)/t16-,19+/m1/s1. The van der Waals surface area contributed by atoms with Crippen molar-refractivity contribution in [2.75, 3.05) is 11.9 Å². The Kier molecular flexibility index (Phi) is 5.98. The summed E-state index contributed by atoms with van der Waals surface area (Å²) in [4.78, 5) is 8.80. The molecule has 0 spiro atoms. The highest BCUT2D eigenvalue weighted by Crippen LogP contribution is 2.47. The Bertz CT molecular complexity index is 960. The van der Waals surface area contributed by atoms with Gasteiger partial charge in [-0.15, -0.1) is 0 Å². The number of aliphatic hydroxyl groups excluding tert-OH is 1. The van der Waals surface area contributed by atoms with Gasteiger partial charge in [0.1, 0.15) is 12.1 Å². The number of aromatic nitrogens is 2. The van der Waals surface area contributed by atoms with Gasteiger partial charge in [-0.2, -0.15) is 10.5 Å². The quantitative estimate of drug-likeness (QED) is 0.711. The summed E-state index contributed by atoms with van der Waals surface area (Å²) < 4.78 is 0.787. The number of benzene rings is 1. The van der Waals surface area contributed by atoms with Crippen molar-refractivity contribution in [3.05, 3.63) is 51.3 Å². The first kappa shape index (κ1) is 20.3. The van der Waals surface area contributed by atoms with Crippen molar-refractivity contribution < 1.29 is 5.11 Å². The Morgan fingerprint density at radius 1 is 1.29 bits per heavy atom. The summed E-state index contributed by atoms with van der Waals surface area (Å²) in [7, 11) is 0. The van der Waals surface area contributed by atoms with Crippen LogP contribution in [0, 0.1) is 34.0 Å². The molecule has 1 aromatic heterocycles. The van der Waals surface area contributed by atoms with Gasteiger partial charge in [-0.25, -0.2) is 9.97 Å². The summed E-state index contributed by atoms with van der Waals surface area (Å²) in [5, 5.41) is 31.5. The van der Waals surface area contributed by atoms with Crippen molar-refractivity contribution in [2.24, 2.45) is 11.3 Å². The maximum absolute atomic E-state index is 9.95. The zero-order valence-corrected chi connectivity index (χ0v) is 17.5. The van der Waals surface area contributed by atoms with Crippen LogP contribution in [0.1, 0.15) is 42.7 Å². The number of hydrogen-bond donors (Lipinski definition) is 2. The van der Waals surface area contributed by atoms with E-state index in [4.69, 9.17) is 5.26 Å². The van der Waals surface area contributed by atoms with E-state index in [0.29, 0.717) is 36.0 Å². The van der Waals surface area contributed by atoms with E-state index in [0.717, 1.165) is 28.6 Å². The van der Waals surface area contributed by atoms with Crippen molar-refractivity contribution in [2.45, 2.75) is 39.2 Å². The molecule has 0 radical (unpaired) electrons. The molecular formula is C21H22BrN5O. The van der Waals surface area contributed by atoms with Crippen LogP contribution in [0.2, 0.25) is 0 Å². The minimum absolute atomic E-state index is 0.158. The number of hydrogen-bond acceptors (Lipinski definition) is 6. The molecule has 2 aromatic rings. The molecule has 28 heavy (non-hydrogen) atoms. The molecule has 1 aliphatic rings. The van der Waals surface area contributed by atoms with Gasteiger partial charge in [0, 0.05) is 11.0 Å². The highest BCUT2D eigenvalue weighted by molar-refractivity contribution is 9.10. The molecule has 1 heterocycles. The number of nitriles is 2. The van der Waals surface area contributed by atoms with E-state index in [-0.39, 0.29) is 11.5 Å². The number of rotatable bonds is 6. The molecule has 2 N–H and O–H groups in total. The predicted molar refractivity (Wildman–Crippen MR) is 109 cm³/mol. The largest absolute Gasteiger partial charge is 0.393 e. The molecule has 2 atom stereocenters. The first-order chi connectivity index (χ1) is 13.3. The predicted octanol–water partition coefficient (Wildman–Crippen LogP) is 3.59. The monoisotopic (exact) mass is 439 g/mol. The van der Waals surface area contributed by atoms with Crippen LogP contribution >= 0.6 is 15.9 Å². The molecule has 7 heteroatoms. The van der Waals surface area contributed by atoms with Crippen LogP contribution < -0.4 is 5.32 Å². The maximum atomic E-state index is 9.95. The minimum atomic E-state index is -0.297. The Hall–Kier alpha value is -2.48. The first-order valence-electron chi connectivity index (χ1n) is 9.21. The van der Waals surface area contributed by atoms with E-state index < -0.39 is 0 Å². The molecule has 1 aromatic carbocycles. The second kappa shape index (κ2) is 8.26. The lowest BCUT2D eigenvalue weighted by molar-refractivity contribution is -0.0978. The van der Waals surface area contributed by atoms with E-state index in [2.05, 4.69) is 43.4 Å². The molecule has 1 saturated carbocycles. The third-order valence-electron chi connectivity index (χ3n) is 5.70. The molecule has 1 fully saturated rings. The summed E-state index contributed by atoms with van der Waals surface area (Å²) in [6, 6.07) is 9.96. The molecule has 3 rings (SSSR count). The number of nitrogens with one attached hydrogen (secondary N) is 1. The van der Waals surface area contributed by atoms with E-state index >= 15 is 0 Å². The van der Waals surface area contributed by atoms with E-state index in [1.165, 1.54) is 0 Å². The van der Waals surface area contributed by atoms with Crippen LogP contribution in [-0.2, 0) is 12.8 Å². The zero-order chi connectivity index (χ0) is 20.3. The second-order valence-electron chi connectivity index (χ2n) is 7.74. The smallest absolute Gasteiger partial charge is 0.222 e. The molecule has 0 unspecified atom stereocenters. The van der Waals surface area contributed by atoms with Gasteiger partial charge in [0.15, 0.2) is 0 Å². The molecule has 0 bridgehead atoms. The summed E-state index contributed by atoms with van der Waals surface area (Å²) >= 11 is 3.40. The topological polar surface area (TPSA) is 106 Å². The maximum Gasteiger partial charge on any atom is 0.222 e. The molecule has 1 aliphatic carbocycles. The van der Waals surface area contributed by atoms with Crippen LogP contribution in [0.15, 0.2) is 28.9 Å². The van der Waals surface area contributed by atoms with Gasteiger partial charge < -0.3 is 10.4 Å². The third kappa shape index (κ3) is 4.16. The highest BCUT2D eigenvalue weighted by atomic mass is 79.9. The highest BCUT2D eigenvalue weighted by Gasteiger charge is 2.47.